The van der Waals surface area contributed by atoms with Gasteiger partial charge in [-0.25, -0.2) is 9.07 Å². The molecule has 1 atom stereocenters. The van der Waals surface area contributed by atoms with E-state index in [0.717, 1.165) is 49.3 Å². The van der Waals surface area contributed by atoms with Gasteiger partial charge in [0, 0.05) is 45.8 Å². The van der Waals surface area contributed by atoms with Crippen molar-refractivity contribution in [1.29, 1.82) is 0 Å². The molecule has 2 aromatic rings. The number of halogens is 2. The van der Waals surface area contributed by atoms with Crippen LogP contribution < -0.4 is 5.32 Å². The zero-order valence-electron chi connectivity index (χ0n) is 18.3. The smallest absolute Gasteiger partial charge is 0.193 e. The summed E-state index contributed by atoms with van der Waals surface area (Å²) in [5.41, 5.74) is 1.87. The lowest BCUT2D eigenvalue weighted by Gasteiger charge is -2.29. The van der Waals surface area contributed by atoms with Crippen LogP contribution in [0.15, 0.2) is 41.5 Å². The van der Waals surface area contributed by atoms with E-state index >= 15 is 0 Å². The number of aliphatic imine (C=N–C) groups is 1. The van der Waals surface area contributed by atoms with Crippen LogP contribution in [0, 0.1) is 11.7 Å². The summed E-state index contributed by atoms with van der Waals surface area (Å²) in [5.74, 6) is 1.50. The molecule has 3 heterocycles. The lowest BCUT2D eigenvalue weighted by Crippen LogP contribution is -2.42. The number of guanidine groups is 1. The Balaban J connectivity index is 0.00000272. The fourth-order valence-electron chi connectivity index (χ4n) is 4.55. The average molecular weight is 540 g/mol. The first-order valence-electron chi connectivity index (χ1n) is 11.2. The summed E-state index contributed by atoms with van der Waals surface area (Å²) in [4.78, 5) is 9.54. The SMILES string of the molecule is CN=C(NCCc1ccn(-c2ccc(F)cc2)n1)N1CCC(CN2CCCCC2)C1.I. The van der Waals surface area contributed by atoms with Crippen molar-refractivity contribution in [3.8, 4) is 5.69 Å². The van der Waals surface area contributed by atoms with E-state index in [-0.39, 0.29) is 29.8 Å². The van der Waals surface area contributed by atoms with Gasteiger partial charge in [0.25, 0.3) is 0 Å². The van der Waals surface area contributed by atoms with E-state index in [9.17, 15) is 4.39 Å². The number of hydrogen-bond donors (Lipinski definition) is 1. The summed E-state index contributed by atoms with van der Waals surface area (Å²) >= 11 is 0. The molecule has 2 fully saturated rings. The summed E-state index contributed by atoms with van der Waals surface area (Å²) in [6.07, 6.45) is 8.10. The van der Waals surface area contributed by atoms with Crippen molar-refractivity contribution in [1.82, 2.24) is 24.9 Å². The summed E-state index contributed by atoms with van der Waals surface area (Å²) in [6, 6.07) is 8.39. The zero-order valence-corrected chi connectivity index (χ0v) is 20.7. The molecule has 0 saturated carbocycles. The number of benzene rings is 1. The van der Waals surface area contributed by atoms with E-state index < -0.39 is 0 Å². The molecule has 4 rings (SSSR count). The fourth-order valence-corrected chi connectivity index (χ4v) is 4.55. The van der Waals surface area contributed by atoms with Crippen molar-refractivity contribution in [2.75, 3.05) is 46.3 Å². The van der Waals surface area contributed by atoms with Gasteiger partial charge in [0.15, 0.2) is 5.96 Å². The Hall–Kier alpha value is -1.68. The number of rotatable bonds is 6. The van der Waals surface area contributed by atoms with E-state index in [0.29, 0.717) is 0 Å². The highest BCUT2D eigenvalue weighted by molar-refractivity contribution is 14.0. The van der Waals surface area contributed by atoms with Crippen LogP contribution in [-0.2, 0) is 6.42 Å². The van der Waals surface area contributed by atoms with E-state index in [1.165, 1.54) is 57.5 Å². The van der Waals surface area contributed by atoms with Gasteiger partial charge in [-0.2, -0.15) is 5.10 Å². The van der Waals surface area contributed by atoms with Gasteiger partial charge in [-0.15, -0.1) is 24.0 Å². The standard InChI is InChI=1S/C23H33FN6.HI/c1-25-23(29-15-10-19(18-29)17-28-13-3-2-4-14-28)26-12-9-21-11-16-30(27-21)22-7-5-20(24)6-8-22;/h5-8,11,16,19H,2-4,9-10,12-15,17-18H2,1H3,(H,25,26);1H. The van der Waals surface area contributed by atoms with Gasteiger partial charge >= 0.3 is 0 Å². The minimum Gasteiger partial charge on any atom is -0.356 e. The summed E-state index contributed by atoms with van der Waals surface area (Å²) in [6.45, 7) is 6.74. The third kappa shape index (κ3) is 6.65. The second kappa shape index (κ2) is 11.8. The van der Waals surface area contributed by atoms with Gasteiger partial charge in [0.2, 0.25) is 0 Å². The molecule has 2 aliphatic heterocycles. The van der Waals surface area contributed by atoms with Gasteiger partial charge in [0.05, 0.1) is 11.4 Å². The Bertz CT molecular complexity index is 831. The average Bonchev–Trinajstić information content (AvgIpc) is 3.42. The fraction of sp³-hybridized carbons (Fsp3) is 0.565. The van der Waals surface area contributed by atoms with Crippen LogP contribution in [0.4, 0.5) is 4.39 Å². The second-order valence-electron chi connectivity index (χ2n) is 8.41. The summed E-state index contributed by atoms with van der Waals surface area (Å²) in [7, 11) is 1.86. The van der Waals surface area contributed by atoms with Crippen molar-refractivity contribution in [3.63, 3.8) is 0 Å². The molecule has 0 bridgehead atoms. The lowest BCUT2D eigenvalue weighted by atomic mass is 10.1. The van der Waals surface area contributed by atoms with Crippen molar-refractivity contribution >= 4 is 29.9 Å². The molecule has 1 N–H and O–H groups in total. The predicted molar refractivity (Wildman–Crippen MR) is 134 cm³/mol. The van der Waals surface area contributed by atoms with Crippen LogP contribution in [0.5, 0.6) is 0 Å². The first-order valence-corrected chi connectivity index (χ1v) is 11.2. The molecule has 31 heavy (non-hydrogen) atoms. The number of hydrogen-bond acceptors (Lipinski definition) is 3. The highest BCUT2D eigenvalue weighted by Gasteiger charge is 2.26. The lowest BCUT2D eigenvalue weighted by molar-refractivity contribution is 0.198. The number of aromatic nitrogens is 2. The van der Waals surface area contributed by atoms with Crippen LogP contribution >= 0.6 is 24.0 Å². The maximum atomic E-state index is 13.1. The topological polar surface area (TPSA) is 48.7 Å². The van der Waals surface area contributed by atoms with Crippen LogP contribution in [0.2, 0.25) is 0 Å². The predicted octanol–water partition coefficient (Wildman–Crippen LogP) is 3.56. The number of piperidine rings is 1. The molecule has 0 amide bonds. The van der Waals surface area contributed by atoms with Crippen LogP contribution in [0.1, 0.15) is 31.4 Å². The van der Waals surface area contributed by atoms with Crippen molar-refractivity contribution in [3.05, 3.63) is 48.0 Å². The summed E-state index contributed by atoms with van der Waals surface area (Å²) in [5, 5.41) is 8.11. The quantitative estimate of drug-likeness (QED) is 0.346. The van der Waals surface area contributed by atoms with E-state index in [1.54, 1.807) is 16.8 Å². The molecule has 8 heteroatoms. The van der Waals surface area contributed by atoms with Crippen LogP contribution in [0.25, 0.3) is 5.69 Å². The van der Waals surface area contributed by atoms with E-state index in [2.05, 4.69) is 25.2 Å². The summed E-state index contributed by atoms with van der Waals surface area (Å²) < 4.78 is 14.9. The molecular formula is C23H34FIN6. The van der Waals surface area contributed by atoms with E-state index in [4.69, 9.17) is 0 Å². The number of nitrogens with one attached hydrogen (secondary N) is 1. The highest BCUT2D eigenvalue weighted by atomic mass is 127. The zero-order chi connectivity index (χ0) is 20.8. The van der Waals surface area contributed by atoms with Gasteiger partial charge < -0.3 is 15.1 Å². The largest absolute Gasteiger partial charge is 0.356 e. The highest BCUT2D eigenvalue weighted by Crippen LogP contribution is 2.20. The molecule has 2 saturated heterocycles. The Kier molecular flexibility index (Phi) is 9.13. The molecule has 1 aromatic carbocycles. The molecule has 6 nitrogen and oxygen atoms in total. The van der Waals surface area contributed by atoms with Gasteiger partial charge in [-0.1, -0.05) is 6.42 Å². The first-order chi connectivity index (χ1) is 14.7. The minimum atomic E-state index is -0.234. The molecule has 1 unspecified atom stereocenters. The monoisotopic (exact) mass is 540 g/mol. The molecule has 0 spiro atoms. The molecular weight excluding hydrogens is 506 g/mol. The van der Waals surface area contributed by atoms with Gasteiger partial charge in [-0.3, -0.25) is 4.99 Å². The Morgan fingerprint density at radius 2 is 1.90 bits per heavy atom. The molecule has 170 valence electrons. The Labute approximate surface area is 201 Å². The Morgan fingerprint density at radius 3 is 2.65 bits per heavy atom. The van der Waals surface area contributed by atoms with Gasteiger partial charge in [0.1, 0.15) is 5.82 Å². The van der Waals surface area contributed by atoms with Crippen molar-refractivity contribution in [2.45, 2.75) is 32.1 Å². The maximum absolute atomic E-state index is 13.1. The van der Waals surface area contributed by atoms with Crippen LogP contribution in [0.3, 0.4) is 0 Å². The second-order valence-corrected chi connectivity index (χ2v) is 8.41. The molecule has 0 aliphatic carbocycles. The van der Waals surface area contributed by atoms with Crippen molar-refractivity contribution < 1.29 is 4.39 Å². The van der Waals surface area contributed by atoms with Crippen LogP contribution in [-0.4, -0.2) is 71.9 Å². The van der Waals surface area contributed by atoms with Gasteiger partial charge in [-0.05, 0) is 68.6 Å². The Morgan fingerprint density at radius 1 is 1.13 bits per heavy atom. The molecule has 2 aliphatic rings. The number of likely N-dealkylation sites (tertiary alicyclic amines) is 2. The third-order valence-electron chi connectivity index (χ3n) is 6.16. The number of nitrogens with zero attached hydrogens (tertiary/aromatic N) is 5. The first kappa shape index (κ1) is 24.0. The minimum absolute atomic E-state index is 0. The third-order valence-corrected chi connectivity index (χ3v) is 6.16. The van der Waals surface area contributed by atoms with Crippen molar-refractivity contribution in [2.24, 2.45) is 10.9 Å². The maximum Gasteiger partial charge on any atom is 0.193 e. The van der Waals surface area contributed by atoms with E-state index in [1.807, 2.05) is 19.3 Å². The molecule has 0 radical (unpaired) electrons. The normalized spacial score (nSPS) is 20.0. The molecule has 1 aromatic heterocycles.